The molecule has 1 aromatic heterocycles. The Morgan fingerprint density at radius 1 is 1.06 bits per heavy atom. The van der Waals surface area contributed by atoms with Gasteiger partial charge in [0.15, 0.2) is 5.82 Å². The van der Waals surface area contributed by atoms with Crippen molar-refractivity contribution in [3.05, 3.63) is 35.1 Å². The van der Waals surface area contributed by atoms with Crippen LogP contribution in [0.1, 0.15) is 5.82 Å². The predicted molar refractivity (Wildman–Crippen MR) is 58.8 cm³/mol. The van der Waals surface area contributed by atoms with E-state index in [-0.39, 0.29) is 0 Å². The fourth-order valence-electron chi connectivity index (χ4n) is 1.15. The average molecular weight is 237 g/mol. The van der Waals surface area contributed by atoms with E-state index >= 15 is 0 Å². The third kappa shape index (κ3) is 2.50. The van der Waals surface area contributed by atoms with E-state index < -0.39 is 0 Å². The van der Waals surface area contributed by atoms with Crippen molar-refractivity contribution >= 4 is 11.6 Å². The fraction of sp³-hybridized carbons (Fsp3) is 0.200. The maximum absolute atomic E-state index is 5.78. The van der Waals surface area contributed by atoms with Crippen LogP contribution in [0.4, 0.5) is 0 Å². The molecule has 0 spiro atoms. The molecule has 1 heterocycles. The summed E-state index contributed by atoms with van der Waals surface area (Å²) < 4.78 is 4.87. The van der Waals surface area contributed by atoms with Crippen LogP contribution >= 0.6 is 11.6 Å². The van der Waals surface area contributed by atoms with Gasteiger partial charge in [-0.05, 0) is 24.3 Å². The van der Waals surface area contributed by atoms with Crippen molar-refractivity contribution in [3.63, 3.8) is 0 Å². The molecule has 2 rings (SSSR count). The maximum Gasteiger partial charge on any atom is 0.203 e. The largest absolute Gasteiger partial charge is 0.377 e. The Morgan fingerprint density at radius 3 is 2.25 bits per heavy atom. The van der Waals surface area contributed by atoms with E-state index in [1.807, 2.05) is 12.1 Å². The Balaban J connectivity index is 2.24. The van der Waals surface area contributed by atoms with E-state index in [0.29, 0.717) is 23.3 Å². The number of halogens is 1. The van der Waals surface area contributed by atoms with Crippen LogP contribution in [0, 0.1) is 0 Å². The number of ether oxygens (including phenoxy) is 1. The maximum atomic E-state index is 5.78. The molecule has 1 aromatic carbocycles. The molecule has 0 bridgehead atoms. The average Bonchev–Trinajstić information content (AvgIpc) is 2.32. The highest BCUT2D eigenvalue weighted by Crippen LogP contribution is 2.16. The number of benzene rings is 1. The molecule has 5 nitrogen and oxygen atoms in total. The molecule has 6 heteroatoms. The molecule has 82 valence electrons. The summed E-state index contributed by atoms with van der Waals surface area (Å²) in [7, 11) is 1.57. The predicted octanol–water partition coefficient (Wildman–Crippen LogP) is 1.73. The van der Waals surface area contributed by atoms with Crippen molar-refractivity contribution in [2.24, 2.45) is 0 Å². The quantitative estimate of drug-likeness (QED) is 0.812. The van der Waals surface area contributed by atoms with Crippen LogP contribution in [-0.4, -0.2) is 27.5 Å². The Labute approximate surface area is 97.5 Å². The summed E-state index contributed by atoms with van der Waals surface area (Å²) in [5, 5.41) is 16.3. The van der Waals surface area contributed by atoms with Crippen molar-refractivity contribution in [1.29, 1.82) is 0 Å². The van der Waals surface area contributed by atoms with Gasteiger partial charge in [-0.15, -0.1) is 20.4 Å². The second-order valence-electron chi connectivity index (χ2n) is 3.08. The molecule has 0 aliphatic carbocycles. The van der Waals surface area contributed by atoms with Crippen LogP contribution in [0.5, 0.6) is 0 Å². The minimum Gasteiger partial charge on any atom is -0.377 e. The Hall–Kier alpha value is -1.59. The molecule has 0 aliphatic heterocycles. The number of hydrogen-bond acceptors (Lipinski definition) is 5. The zero-order chi connectivity index (χ0) is 11.4. The van der Waals surface area contributed by atoms with Gasteiger partial charge in [-0.3, -0.25) is 0 Å². The molecular formula is C10H9ClN4O. The highest BCUT2D eigenvalue weighted by Gasteiger charge is 2.03. The number of nitrogens with zero attached hydrogens (tertiary/aromatic N) is 4. The molecular weight excluding hydrogens is 228 g/mol. The highest BCUT2D eigenvalue weighted by molar-refractivity contribution is 6.30. The van der Waals surface area contributed by atoms with Crippen LogP contribution in [0.2, 0.25) is 5.02 Å². The van der Waals surface area contributed by atoms with E-state index in [1.54, 1.807) is 19.2 Å². The molecule has 0 saturated heterocycles. The van der Waals surface area contributed by atoms with Crippen LogP contribution in [0.15, 0.2) is 24.3 Å². The lowest BCUT2D eigenvalue weighted by molar-refractivity contribution is 0.175. The summed E-state index contributed by atoms with van der Waals surface area (Å²) in [5.41, 5.74) is 0.827. The molecule has 0 N–H and O–H groups in total. The van der Waals surface area contributed by atoms with Crippen molar-refractivity contribution in [3.8, 4) is 11.4 Å². The zero-order valence-corrected chi connectivity index (χ0v) is 9.35. The zero-order valence-electron chi connectivity index (χ0n) is 8.59. The molecule has 0 amide bonds. The first kappa shape index (κ1) is 10.9. The fourth-order valence-corrected chi connectivity index (χ4v) is 1.28. The Bertz CT molecular complexity index is 457. The van der Waals surface area contributed by atoms with E-state index in [2.05, 4.69) is 20.4 Å². The van der Waals surface area contributed by atoms with Crippen LogP contribution < -0.4 is 0 Å². The van der Waals surface area contributed by atoms with Gasteiger partial charge in [-0.2, -0.15) is 0 Å². The standard InChI is InChI=1S/C10H9ClN4O/c1-16-6-9-12-14-10(15-13-9)7-2-4-8(11)5-3-7/h2-5H,6H2,1H3. The number of hydrogen-bond donors (Lipinski definition) is 0. The summed E-state index contributed by atoms with van der Waals surface area (Å²) in [6.45, 7) is 0.306. The van der Waals surface area contributed by atoms with Gasteiger partial charge in [0, 0.05) is 17.7 Å². The van der Waals surface area contributed by atoms with Crippen LogP contribution in [0.3, 0.4) is 0 Å². The Morgan fingerprint density at radius 2 is 1.69 bits per heavy atom. The molecule has 0 unspecified atom stereocenters. The lowest BCUT2D eigenvalue weighted by Crippen LogP contribution is -2.03. The van der Waals surface area contributed by atoms with Crippen LogP contribution in [0.25, 0.3) is 11.4 Å². The van der Waals surface area contributed by atoms with Gasteiger partial charge in [0.25, 0.3) is 0 Å². The van der Waals surface area contributed by atoms with E-state index in [1.165, 1.54) is 0 Å². The molecule has 16 heavy (non-hydrogen) atoms. The minimum absolute atomic E-state index is 0.306. The van der Waals surface area contributed by atoms with Crippen molar-refractivity contribution in [1.82, 2.24) is 20.4 Å². The van der Waals surface area contributed by atoms with Gasteiger partial charge in [-0.25, -0.2) is 0 Å². The van der Waals surface area contributed by atoms with Gasteiger partial charge in [0.1, 0.15) is 6.61 Å². The van der Waals surface area contributed by atoms with Gasteiger partial charge in [0.2, 0.25) is 5.82 Å². The summed E-state index contributed by atoms with van der Waals surface area (Å²) in [6, 6.07) is 7.17. The normalized spacial score (nSPS) is 10.4. The van der Waals surface area contributed by atoms with E-state index in [9.17, 15) is 0 Å². The van der Waals surface area contributed by atoms with E-state index in [4.69, 9.17) is 16.3 Å². The number of rotatable bonds is 3. The third-order valence-electron chi connectivity index (χ3n) is 1.90. The summed E-state index contributed by atoms with van der Waals surface area (Å²) >= 11 is 5.78. The Kier molecular flexibility index (Phi) is 3.38. The molecule has 0 fully saturated rings. The second kappa shape index (κ2) is 4.96. The summed E-state index contributed by atoms with van der Waals surface area (Å²) in [5.74, 6) is 0.928. The summed E-state index contributed by atoms with van der Waals surface area (Å²) in [4.78, 5) is 0. The lowest BCUT2D eigenvalue weighted by Gasteiger charge is -1.99. The monoisotopic (exact) mass is 236 g/mol. The molecule has 0 atom stereocenters. The first-order valence-electron chi connectivity index (χ1n) is 4.61. The van der Waals surface area contributed by atoms with Gasteiger partial charge < -0.3 is 4.74 Å². The van der Waals surface area contributed by atoms with Crippen molar-refractivity contribution in [2.75, 3.05) is 7.11 Å². The van der Waals surface area contributed by atoms with Gasteiger partial charge in [-0.1, -0.05) is 11.6 Å². The van der Waals surface area contributed by atoms with Crippen LogP contribution in [-0.2, 0) is 11.3 Å². The number of methoxy groups -OCH3 is 1. The lowest BCUT2D eigenvalue weighted by atomic mass is 10.2. The second-order valence-corrected chi connectivity index (χ2v) is 3.52. The third-order valence-corrected chi connectivity index (χ3v) is 2.15. The van der Waals surface area contributed by atoms with Gasteiger partial charge in [0.05, 0.1) is 0 Å². The molecule has 0 radical (unpaired) electrons. The first-order chi connectivity index (χ1) is 7.79. The van der Waals surface area contributed by atoms with Crippen molar-refractivity contribution < 1.29 is 4.74 Å². The number of aromatic nitrogens is 4. The van der Waals surface area contributed by atoms with Crippen molar-refractivity contribution in [2.45, 2.75) is 6.61 Å². The SMILES string of the molecule is COCc1nnc(-c2ccc(Cl)cc2)nn1. The van der Waals surface area contributed by atoms with E-state index in [0.717, 1.165) is 5.56 Å². The molecule has 0 saturated carbocycles. The summed E-state index contributed by atoms with van der Waals surface area (Å²) in [6.07, 6.45) is 0. The first-order valence-corrected chi connectivity index (χ1v) is 4.98. The molecule has 2 aromatic rings. The topological polar surface area (TPSA) is 60.8 Å². The molecule has 0 aliphatic rings. The highest BCUT2D eigenvalue weighted by atomic mass is 35.5. The van der Waals surface area contributed by atoms with Gasteiger partial charge >= 0.3 is 0 Å². The smallest absolute Gasteiger partial charge is 0.203 e. The minimum atomic E-state index is 0.306.